The van der Waals surface area contributed by atoms with Gasteiger partial charge in [0.05, 0.1) is 30.5 Å². The van der Waals surface area contributed by atoms with Crippen LogP contribution in [-0.2, 0) is 28.9 Å². The minimum atomic E-state index is -0.897. The molecule has 36 heavy (non-hydrogen) atoms. The van der Waals surface area contributed by atoms with Crippen LogP contribution in [0.1, 0.15) is 90.9 Å². The second kappa shape index (κ2) is 12.2. The number of carbonyl (C=O) groups is 3. The van der Waals surface area contributed by atoms with Gasteiger partial charge in [-0.25, -0.2) is 9.78 Å². The lowest BCUT2D eigenvalue weighted by Gasteiger charge is -2.45. The molecule has 4 fully saturated rings. The van der Waals surface area contributed by atoms with Gasteiger partial charge in [-0.05, 0) is 87.9 Å². The molecule has 0 saturated heterocycles. The first-order valence-electron chi connectivity index (χ1n) is 14.2. The first kappa shape index (κ1) is 27.4. The van der Waals surface area contributed by atoms with Crippen LogP contribution in [0.4, 0.5) is 0 Å². The van der Waals surface area contributed by atoms with E-state index >= 15 is 0 Å². The van der Waals surface area contributed by atoms with Gasteiger partial charge < -0.3 is 14.9 Å². The summed E-state index contributed by atoms with van der Waals surface area (Å²) < 4.78 is 6.07. The molecule has 0 amide bonds. The third-order valence-corrected chi connectivity index (χ3v) is 9.60. The Kier molecular flexibility index (Phi) is 9.31. The van der Waals surface area contributed by atoms with Crippen LogP contribution in [-0.4, -0.2) is 46.9 Å². The summed E-state index contributed by atoms with van der Waals surface area (Å²) in [5.74, 6) is -2.37. The lowest BCUT2D eigenvalue weighted by atomic mass is 9.68. The summed E-state index contributed by atoms with van der Waals surface area (Å²) in [7, 11) is 0. The summed E-state index contributed by atoms with van der Waals surface area (Å²) in [6.45, 7) is 4.53. The molecule has 10 unspecified atom stereocenters. The largest absolute Gasteiger partial charge is 0.481 e. The monoisotopic (exact) mass is 508 g/mol. The Balaban J connectivity index is 1.33. The minimum absolute atomic E-state index is 0.0363. The molecule has 4 rings (SSSR count). The fraction of sp³-hybridized carbons (Fsp3) is 0.893. The fourth-order valence-corrected chi connectivity index (χ4v) is 7.53. The Morgan fingerprint density at radius 3 is 1.94 bits per heavy atom. The highest BCUT2D eigenvalue weighted by molar-refractivity contribution is 5.81. The van der Waals surface area contributed by atoms with E-state index in [9.17, 15) is 24.6 Å². The van der Waals surface area contributed by atoms with E-state index in [0.29, 0.717) is 50.5 Å². The van der Waals surface area contributed by atoms with Crippen LogP contribution >= 0.6 is 0 Å². The van der Waals surface area contributed by atoms with E-state index in [0.717, 1.165) is 44.9 Å². The first-order valence-corrected chi connectivity index (χ1v) is 14.2. The Bertz CT molecular complexity index is 784. The van der Waals surface area contributed by atoms with E-state index in [4.69, 9.17) is 14.5 Å². The molecule has 0 bridgehead atoms. The van der Waals surface area contributed by atoms with Crippen molar-refractivity contribution in [1.29, 1.82) is 0 Å². The quantitative estimate of drug-likeness (QED) is 0.264. The smallest absolute Gasteiger partial charge is 0.310 e. The van der Waals surface area contributed by atoms with Gasteiger partial charge >= 0.3 is 17.9 Å². The van der Waals surface area contributed by atoms with Gasteiger partial charge in [-0.3, -0.25) is 14.4 Å². The Morgan fingerprint density at radius 1 is 0.694 bits per heavy atom. The van der Waals surface area contributed by atoms with E-state index in [1.165, 1.54) is 0 Å². The third kappa shape index (κ3) is 6.42. The molecular formula is C28H44O8. The molecule has 0 radical (unpaired) electrons. The Hall–Kier alpha value is -1.67. The molecule has 8 heteroatoms. The summed E-state index contributed by atoms with van der Waals surface area (Å²) in [6.07, 6.45) is 9.65. The van der Waals surface area contributed by atoms with Crippen molar-refractivity contribution in [3.05, 3.63) is 0 Å². The van der Waals surface area contributed by atoms with Gasteiger partial charge in [0.15, 0.2) is 0 Å². The Morgan fingerprint density at radius 2 is 1.28 bits per heavy atom. The predicted octanol–water partition coefficient (Wildman–Crippen LogP) is 5.09. The van der Waals surface area contributed by atoms with E-state index < -0.39 is 23.8 Å². The normalized spacial score (nSPS) is 41.2. The molecular weight excluding hydrogens is 464 g/mol. The predicted molar refractivity (Wildman–Crippen MR) is 131 cm³/mol. The lowest BCUT2D eigenvalue weighted by molar-refractivity contribution is -0.352. The number of carboxylic acids is 2. The fourth-order valence-electron chi connectivity index (χ4n) is 7.53. The van der Waals surface area contributed by atoms with Crippen molar-refractivity contribution in [2.24, 2.45) is 47.3 Å². The summed E-state index contributed by atoms with van der Waals surface area (Å²) in [6, 6.07) is 0. The number of hydrogen-bond donors (Lipinski definition) is 2. The van der Waals surface area contributed by atoms with E-state index in [2.05, 4.69) is 13.8 Å². The maximum absolute atomic E-state index is 13.2. The molecule has 2 N–H and O–H groups in total. The number of carboxylic acid groups (broad SMARTS) is 2. The maximum Gasteiger partial charge on any atom is 0.310 e. The van der Waals surface area contributed by atoms with Crippen LogP contribution < -0.4 is 0 Å². The van der Waals surface area contributed by atoms with Crippen molar-refractivity contribution >= 4 is 17.9 Å². The van der Waals surface area contributed by atoms with Crippen LogP contribution in [0.15, 0.2) is 0 Å². The van der Waals surface area contributed by atoms with Gasteiger partial charge in [0.1, 0.15) is 6.10 Å². The molecule has 0 heterocycles. The van der Waals surface area contributed by atoms with Crippen LogP contribution in [0.3, 0.4) is 0 Å². The SMILES string of the molecule is CC1CCC(C(=O)O)C(COOC2CCC(OC(=O)C3CC(C)CCC3C(=O)O)C3CCCCC23)C1. The number of aliphatic carboxylic acids is 2. The average Bonchev–Trinajstić information content (AvgIpc) is 2.84. The zero-order valence-corrected chi connectivity index (χ0v) is 21.8. The van der Waals surface area contributed by atoms with Crippen molar-refractivity contribution in [3.8, 4) is 0 Å². The molecule has 0 aromatic rings. The summed E-state index contributed by atoms with van der Waals surface area (Å²) in [5.41, 5.74) is 0. The number of rotatable bonds is 8. The molecule has 0 spiro atoms. The van der Waals surface area contributed by atoms with Gasteiger partial charge in [-0.2, -0.15) is 0 Å². The number of esters is 1. The van der Waals surface area contributed by atoms with Crippen molar-refractivity contribution < 1.29 is 39.1 Å². The van der Waals surface area contributed by atoms with Gasteiger partial charge in [0.25, 0.3) is 0 Å². The molecule has 0 aromatic carbocycles. The Labute approximate surface area is 214 Å². The number of carbonyl (C=O) groups excluding carboxylic acids is 1. The van der Waals surface area contributed by atoms with Crippen molar-refractivity contribution in [2.75, 3.05) is 6.61 Å². The molecule has 4 aliphatic rings. The first-order chi connectivity index (χ1) is 17.2. The molecule has 4 aliphatic carbocycles. The summed E-state index contributed by atoms with van der Waals surface area (Å²) in [5, 5.41) is 19.2. The second-order valence-corrected chi connectivity index (χ2v) is 12.2. The average molecular weight is 509 g/mol. The molecule has 8 nitrogen and oxygen atoms in total. The van der Waals surface area contributed by atoms with Crippen LogP contribution in [0, 0.1) is 47.3 Å². The maximum atomic E-state index is 13.2. The number of ether oxygens (including phenoxy) is 1. The molecule has 0 aromatic heterocycles. The highest BCUT2D eigenvalue weighted by Gasteiger charge is 2.46. The van der Waals surface area contributed by atoms with Crippen molar-refractivity contribution in [1.82, 2.24) is 0 Å². The summed E-state index contributed by atoms with van der Waals surface area (Å²) >= 11 is 0. The van der Waals surface area contributed by atoms with E-state index in [1.807, 2.05) is 0 Å². The van der Waals surface area contributed by atoms with Crippen molar-refractivity contribution in [3.63, 3.8) is 0 Å². The lowest BCUT2D eigenvalue weighted by Crippen LogP contribution is -2.47. The highest BCUT2D eigenvalue weighted by Crippen LogP contribution is 2.44. The highest BCUT2D eigenvalue weighted by atomic mass is 17.2. The molecule has 4 saturated carbocycles. The number of hydrogen-bond acceptors (Lipinski definition) is 6. The molecule has 10 atom stereocenters. The molecule has 0 aliphatic heterocycles. The van der Waals surface area contributed by atoms with Crippen molar-refractivity contribution in [2.45, 2.75) is 103 Å². The van der Waals surface area contributed by atoms with E-state index in [-0.39, 0.29) is 41.8 Å². The molecule has 204 valence electrons. The zero-order chi connectivity index (χ0) is 25.8. The summed E-state index contributed by atoms with van der Waals surface area (Å²) in [4.78, 5) is 48.2. The van der Waals surface area contributed by atoms with Crippen LogP contribution in [0.25, 0.3) is 0 Å². The standard InChI is InChI=1S/C28H44O8/c1-16-7-9-19(26(29)30)18(13-16)15-34-36-25-12-11-24(20-5-3-4-6-21(20)25)35-28(33)23-14-17(2)8-10-22(23)27(31)32/h16-25H,3-15H2,1-2H3,(H,29,30)(H,31,32). The zero-order valence-electron chi connectivity index (χ0n) is 21.8. The van der Waals surface area contributed by atoms with Gasteiger partial charge in [-0.15, -0.1) is 0 Å². The topological polar surface area (TPSA) is 119 Å². The third-order valence-electron chi connectivity index (χ3n) is 9.60. The van der Waals surface area contributed by atoms with Crippen LogP contribution in [0.5, 0.6) is 0 Å². The second-order valence-electron chi connectivity index (χ2n) is 12.2. The van der Waals surface area contributed by atoms with E-state index in [1.54, 1.807) is 0 Å². The van der Waals surface area contributed by atoms with Gasteiger partial charge in [-0.1, -0.05) is 26.7 Å². The van der Waals surface area contributed by atoms with Crippen LogP contribution in [0.2, 0.25) is 0 Å². The van der Waals surface area contributed by atoms with Gasteiger partial charge in [0, 0.05) is 5.92 Å². The number of fused-ring (bicyclic) bond motifs is 1. The minimum Gasteiger partial charge on any atom is -0.481 e. The van der Waals surface area contributed by atoms with Gasteiger partial charge in [0.2, 0.25) is 0 Å².